The summed E-state index contributed by atoms with van der Waals surface area (Å²) < 4.78 is 0. The summed E-state index contributed by atoms with van der Waals surface area (Å²) in [5.41, 5.74) is 1.00. The van der Waals surface area contributed by atoms with Gasteiger partial charge < -0.3 is 10.2 Å². The van der Waals surface area contributed by atoms with Crippen molar-refractivity contribution >= 4 is 52.2 Å². The lowest BCUT2D eigenvalue weighted by molar-refractivity contribution is -0.384. The first-order valence-corrected chi connectivity index (χ1v) is 9.55. The number of nitro groups is 1. The van der Waals surface area contributed by atoms with E-state index in [1.165, 1.54) is 30.3 Å². The Morgan fingerprint density at radius 1 is 1.17 bits per heavy atom. The van der Waals surface area contributed by atoms with E-state index in [9.17, 15) is 20.2 Å². The quantitative estimate of drug-likeness (QED) is 0.309. The lowest BCUT2D eigenvalue weighted by atomic mass is 10.1. The molecule has 7 nitrogen and oxygen atoms in total. The van der Waals surface area contributed by atoms with Gasteiger partial charge in [0, 0.05) is 34.9 Å². The lowest BCUT2D eigenvalue weighted by Crippen LogP contribution is -2.18. The molecule has 3 rings (SSSR count). The van der Waals surface area contributed by atoms with Crippen molar-refractivity contribution in [3.63, 3.8) is 0 Å². The van der Waals surface area contributed by atoms with Gasteiger partial charge in [0.15, 0.2) is 0 Å². The number of nitrogens with one attached hydrogen (secondary N) is 1. The first-order valence-electron chi connectivity index (χ1n) is 8.80. The smallest absolute Gasteiger partial charge is 0.293 e. The summed E-state index contributed by atoms with van der Waals surface area (Å²) >= 11 is 11.8. The van der Waals surface area contributed by atoms with Gasteiger partial charge in [0.1, 0.15) is 17.3 Å². The second-order valence-electron chi connectivity index (χ2n) is 6.48. The number of benzene rings is 2. The number of rotatable bonds is 5. The highest BCUT2D eigenvalue weighted by atomic mass is 35.5. The molecule has 1 aliphatic rings. The Balaban J connectivity index is 1.88. The number of amides is 1. The van der Waals surface area contributed by atoms with Crippen molar-refractivity contribution in [2.45, 2.75) is 12.8 Å². The van der Waals surface area contributed by atoms with Crippen LogP contribution in [-0.4, -0.2) is 23.9 Å². The summed E-state index contributed by atoms with van der Waals surface area (Å²) in [4.78, 5) is 25.5. The van der Waals surface area contributed by atoms with E-state index >= 15 is 0 Å². The Hall–Kier alpha value is -3.08. The third-order valence-corrected chi connectivity index (χ3v) is 4.88. The van der Waals surface area contributed by atoms with E-state index in [-0.39, 0.29) is 11.3 Å². The molecule has 1 saturated heterocycles. The van der Waals surface area contributed by atoms with Crippen molar-refractivity contribution in [3.05, 3.63) is 67.7 Å². The minimum Gasteiger partial charge on any atom is -0.366 e. The molecule has 1 N–H and O–H groups in total. The molecule has 0 radical (unpaired) electrons. The molecular weight excluding hydrogens is 415 g/mol. The molecule has 1 aliphatic heterocycles. The highest BCUT2D eigenvalue weighted by Crippen LogP contribution is 2.32. The second-order valence-corrected chi connectivity index (χ2v) is 7.35. The summed E-state index contributed by atoms with van der Waals surface area (Å²) in [7, 11) is 0. The maximum Gasteiger partial charge on any atom is 0.293 e. The van der Waals surface area contributed by atoms with Gasteiger partial charge in [-0.3, -0.25) is 14.9 Å². The summed E-state index contributed by atoms with van der Waals surface area (Å²) in [5.74, 6) is -0.669. The molecule has 0 atom stereocenters. The van der Waals surface area contributed by atoms with Crippen LogP contribution in [0.2, 0.25) is 10.0 Å². The summed E-state index contributed by atoms with van der Waals surface area (Å²) in [5, 5.41) is 24.1. The number of nitriles is 1. The van der Waals surface area contributed by atoms with E-state index in [4.69, 9.17) is 23.2 Å². The molecule has 0 aromatic heterocycles. The van der Waals surface area contributed by atoms with Gasteiger partial charge in [0.2, 0.25) is 0 Å². The van der Waals surface area contributed by atoms with Crippen molar-refractivity contribution in [1.29, 1.82) is 5.26 Å². The van der Waals surface area contributed by atoms with Crippen LogP contribution < -0.4 is 10.2 Å². The largest absolute Gasteiger partial charge is 0.366 e. The molecule has 29 heavy (non-hydrogen) atoms. The van der Waals surface area contributed by atoms with Crippen LogP contribution in [0.15, 0.2) is 42.0 Å². The predicted octanol–water partition coefficient (Wildman–Crippen LogP) is 5.05. The number of hydrogen-bond donors (Lipinski definition) is 1. The average molecular weight is 431 g/mol. The Bertz CT molecular complexity index is 1020. The van der Waals surface area contributed by atoms with Crippen LogP contribution in [0.1, 0.15) is 18.4 Å². The third kappa shape index (κ3) is 5.05. The molecule has 1 heterocycles. The summed E-state index contributed by atoms with van der Waals surface area (Å²) in [6.45, 7) is 1.54. The number of nitrogens with zero attached hydrogens (tertiary/aromatic N) is 3. The van der Waals surface area contributed by atoms with Crippen molar-refractivity contribution in [2.24, 2.45) is 0 Å². The predicted molar refractivity (Wildman–Crippen MR) is 113 cm³/mol. The van der Waals surface area contributed by atoms with Gasteiger partial charge in [-0.25, -0.2) is 0 Å². The number of hydrogen-bond acceptors (Lipinski definition) is 5. The zero-order chi connectivity index (χ0) is 21.0. The minimum atomic E-state index is -0.669. The molecule has 148 valence electrons. The Morgan fingerprint density at radius 3 is 2.41 bits per heavy atom. The third-order valence-electron chi connectivity index (χ3n) is 4.44. The maximum atomic E-state index is 12.4. The highest BCUT2D eigenvalue weighted by Gasteiger charge is 2.22. The number of halogens is 2. The van der Waals surface area contributed by atoms with Gasteiger partial charge in [-0.05, 0) is 48.7 Å². The lowest BCUT2D eigenvalue weighted by Gasteiger charge is -2.17. The van der Waals surface area contributed by atoms with E-state index in [1.807, 2.05) is 11.0 Å². The molecule has 1 amide bonds. The molecule has 2 aromatic carbocycles. The van der Waals surface area contributed by atoms with Gasteiger partial charge in [-0.2, -0.15) is 5.26 Å². The molecule has 0 saturated carbocycles. The second kappa shape index (κ2) is 8.95. The fourth-order valence-electron chi connectivity index (χ4n) is 3.14. The molecule has 9 heteroatoms. The topological polar surface area (TPSA) is 99.3 Å². The van der Waals surface area contributed by atoms with Crippen molar-refractivity contribution in [1.82, 2.24) is 0 Å². The van der Waals surface area contributed by atoms with Crippen LogP contribution in [0.25, 0.3) is 6.08 Å². The van der Waals surface area contributed by atoms with Crippen LogP contribution in [-0.2, 0) is 4.79 Å². The van der Waals surface area contributed by atoms with Crippen LogP contribution in [0, 0.1) is 21.4 Å². The molecule has 0 aliphatic carbocycles. The molecular formula is C20H16Cl2N4O3. The summed E-state index contributed by atoms with van der Waals surface area (Å²) in [6, 6.07) is 11.0. The highest BCUT2D eigenvalue weighted by molar-refractivity contribution is 6.35. The van der Waals surface area contributed by atoms with Crippen LogP contribution in [0.4, 0.5) is 17.1 Å². The molecule has 2 aromatic rings. The fraction of sp³-hybridized carbons (Fsp3) is 0.200. The van der Waals surface area contributed by atoms with E-state index in [0.717, 1.165) is 25.9 Å². The Morgan fingerprint density at radius 2 is 1.83 bits per heavy atom. The SMILES string of the molecule is N#CC(=Cc1ccc(N2CCCC2)c([N+](=O)[O-])c1)C(=O)Nc1cc(Cl)cc(Cl)c1. The van der Waals surface area contributed by atoms with E-state index in [2.05, 4.69) is 5.32 Å². The van der Waals surface area contributed by atoms with Crippen LogP contribution in [0.3, 0.4) is 0 Å². The van der Waals surface area contributed by atoms with Crippen molar-refractivity contribution < 1.29 is 9.72 Å². The number of carbonyl (C=O) groups is 1. The number of anilines is 2. The molecule has 1 fully saturated rings. The molecule has 0 unspecified atom stereocenters. The number of nitro benzene ring substituents is 1. The summed E-state index contributed by atoms with van der Waals surface area (Å²) in [6.07, 6.45) is 3.29. The fourth-order valence-corrected chi connectivity index (χ4v) is 3.67. The van der Waals surface area contributed by atoms with Gasteiger partial charge in [-0.15, -0.1) is 0 Å². The van der Waals surface area contributed by atoms with Gasteiger partial charge in [0.25, 0.3) is 11.6 Å². The first-order chi connectivity index (χ1) is 13.9. The maximum absolute atomic E-state index is 12.4. The van der Waals surface area contributed by atoms with Crippen LogP contribution >= 0.6 is 23.2 Å². The zero-order valence-electron chi connectivity index (χ0n) is 15.2. The van der Waals surface area contributed by atoms with E-state index < -0.39 is 10.8 Å². The first kappa shape index (κ1) is 20.6. The number of carbonyl (C=O) groups excluding carboxylic acids is 1. The van der Waals surface area contributed by atoms with Gasteiger partial charge in [-0.1, -0.05) is 29.3 Å². The monoisotopic (exact) mass is 430 g/mol. The molecule has 0 spiro atoms. The van der Waals surface area contributed by atoms with Crippen LogP contribution in [0.5, 0.6) is 0 Å². The Kier molecular flexibility index (Phi) is 6.37. The van der Waals surface area contributed by atoms with Crippen molar-refractivity contribution in [2.75, 3.05) is 23.3 Å². The van der Waals surface area contributed by atoms with Gasteiger partial charge in [0.05, 0.1) is 4.92 Å². The van der Waals surface area contributed by atoms with Crippen molar-refractivity contribution in [3.8, 4) is 6.07 Å². The van der Waals surface area contributed by atoms with E-state index in [1.54, 1.807) is 12.1 Å². The Labute approximate surface area is 177 Å². The normalized spacial score (nSPS) is 13.8. The average Bonchev–Trinajstić information content (AvgIpc) is 3.19. The standard InChI is InChI=1S/C20H16Cl2N4O3/c21-15-9-16(22)11-17(10-15)24-20(27)14(12-23)7-13-3-4-18(19(8-13)26(28)29)25-5-1-2-6-25/h3-4,7-11H,1-2,5-6H2,(H,24,27). The van der Waals surface area contributed by atoms with Gasteiger partial charge >= 0.3 is 0 Å². The minimum absolute atomic E-state index is 0.0556. The zero-order valence-corrected chi connectivity index (χ0v) is 16.7. The molecule has 0 bridgehead atoms. The van der Waals surface area contributed by atoms with E-state index in [0.29, 0.717) is 27.0 Å².